The molecule has 8 heteroatoms. The summed E-state index contributed by atoms with van der Waals surface area (Å²) in [5.41, 5.74) is 10.4. The first-order valence-corrected chi connectivity index (χ1v) is 10.5. The molecular formula is C22H25FN6O. The van der Waals surface area contributed by atoms with E-state index in [1.807, 2.05) is 28.8 Å². The highest BCUT2D eigenvalue weighted by Crippen LogP contribution is 2.36. The van der Waals surface area contributed by atoms with Crippen LogP contribution in [0.4, 0.5) is 4.39 Å². The van der Waals surface area contributed by atoms with E-state index in [-0.39, 0.29) is 18.4 Å². The second-order valence-corrected chi connectivity index (χ2v) is 7.94. The molecule has 0 radical (unpaired) electrons. The van der Waals surface area contributed by atoms with Crippen LogP contribution in [0.3, 0.4) is 0 Å². The van der Waals surface area contributed by atoms with E-state index >= 15 is 0 Å². The van der Waals surface area contributed by atoms with Crippen molar-refractivity contribution in [2.45, 2.75) is 51.4 Å². The number of hydrogen-bond donors (Lipinski definition) is 1. The van der Waals surface area contributed by atoms with Gasteiger partial charge in [-0.2, -0.15) is 0 Å². The summed E-state index contributed by atoms with van der Waals surface area (Å²) in [6.45, 7) is 1.12. The van der Waals surface area contributed by atoms with Crippen LogP contribution < -0.4 is 11.4 Å². The van der Waals surface area contributed by atoms with E-state index in [0.29, 0.717) is 32.5 Å². The first-order chi connectivity index (χ1) is 14.7. The van der Waals surface area contributed by atoms with Gasteiger partial charge in [0.2, 0.25) is 0 Å². The second kappa shape index (κ2) is 7.68. The van der Waals surface area contributed by atoms with Gasteiger partial charge in [0, 0.05) is 25.3 Å². The molecule has 0 spiro atoms. The molecule has 156 valence electrons. The fourth-order valence-electron chi connectivity index (χ4n) is 4.19. The lowest BCUT2D eigenvalue weighted by molar-refractivity contribution is 0.446. The van der Waals surface area contributed by atoms with E-state index in [9.17, 15) is 9.18 Å². The molecular weight excluding hydrogens is 383 g/mol. The third-order valence-electron chi connectivity index (χ3n) is 5.87. The Kier molecular flexibility index (Phi) is 4.86. The monoisotopic (exact) mass is 408 g/mol. The Bertz CT molecular complexity index is 1270. The molecule has 3 aromatic heterocycles. The van der Waals surface area contributed by atoms with Gasteiger partial charge in [-0.05, 0) is 49.4 Å². The number of rotatable bonds is 8. The van der Waals surface area contributed by atoms with Crippen LogP contribution in [0.25, 0.3) is 22.1 Å². The quantitative estimate of drug-likeness (QED) is 0.454. The van der Waals surface area contributed by atoms with Gasteiger partial charge in [0.15, 0.2) is 0 Å². The maximum atomic E-state index is 13.3. The highest BCUT2D eigenvalue weighted by Gasteiger charge is 2.29. The Morgan fingerprint density at radius 2 is 1.97 bits per heavy atom. The Morgan fingerprint density at radius 3 is 2.73 bits per heavy atom. The van der Waals surface area contributed by atoms with Gasteiger partial charge < -0.3 is 10.3 Å². The number of aromatic nitrogens is 5. The van der Waals surface area contributed by atoms with E-state index in [1.165, 1.54) is 0 Å². The molecule has 5 rings (SSSR count). The van der Waals surface area contributed by atoms with Crippen molar-refractivity contribution in [3.05, 3.63) is 58.5 Å². The minimum atomic E-state index is -0.334. The first-order valence-electron chi connectivity index (χ1n) is 10.5. The van der Waals surface area contributed by atoms with Crippen molar-refractivity contribution in [2.75, 3.05) is 6.67 Å². The molecule has 0 unspecified atom stereocenters. The van der Waals surface area contributed by atoms with Crippen LogP contribution in [0.15, 0.2) is 41.5 Å². The summed E-state index contributed by atoms with van der Waals surface area (Å²) < 4.78 is 18.5. The second-order valence-electron chi connectivity index (χ2n) is 7.94. The molecule has 0 saturated heterocycles. The normalized spacial score (nSPS) is 14.2. The van der Waals surface area contributed by atoms with Gasteiger partial charge in [0.25, 0.3) is 0 Å². The number of imidazole rings is 2. The third-order valence-corrected chi connectivity index (χ3v) is 5.87. The van der Waals surface area contributed by atoms with Crippen LogP contribution in [-0.2, 0) is 19.6 Å². The maximum absolute atomic E-state index is 13.3. The molecule has 1 saturated carbocycles. The highest BCUT2D eigenvalue weighted by molar-refractivity contribution is 5.77. The van der Waals surface area contributed by atoms with Gasteiger partial charge in [0.1, 0.15) is 5.82 Å². The third kappa shape index (κ3) is 3.21. The van der Waals surface area contributed by atoms with Crippen molar-refractivity contribution < 1.29 is 4.39 Å². The van der Waals surface area contributed by atoms with Crippen molar-refractivity contribution in [3.8, 4) is 0 Å². The maximum Gasteiger partial charge on any atom is 0.329 e. The average Bonchev–Trinajstić information content (AvgIpc) is 3.49. The number of nitrogens with two attached hydrogens (primary N) is 1. The number of alkyl halides is 1. The Morgan fingerprint density at radius 1 is 1.10 bits per heavy atom. The zero-order valence-electron chi connectivity index (χ0n) is 16.8. The summed E-state index contributed by atoms with van der Waals surface area (Å²) in [5, 5.41) is 0. The van der Waals surface area contributed by atoms with E-state index < -0.39 is 0 Å². The van der Waals surface area contributed by atoms with Crippen LogP contribution in [0.2, 0.25) is 0 Å². The lowest BCUT2D eigenvalue weighted by Crippen LogP contribution is -2.25. The van der Waals surface area contributed by atoms with Crippen LogP contribution >= 0.6 is 0 Å². The van der Waals surface area contributed by atoms with E-state index in [0.717, 1.165) is 46.3 Å². The molecule has 1 aromatic carbocycles. The zero-order valence-corrected chi connectivity index (χ0v) is 16.8. The fourth-order valence-corrected chi connectivity index (χ4v) is 4.19. The van der Waals surface area contributed by atoms with E-state index in [1.54, 1.807) is 17.0 Å². The summed E-state index contributed by atoms with van der Waals surface area (Å²) in [6.07, 6.45) is 6.76. The molecule has 2 N–H and O–H groups in total. The molecule has 30 heavy (non-hydrogen) atoms. The van der Waals surface area contributed by atoms with Crippen molar-refractivity contribution in [2.24, 2.45) is 5.73 Å². The van der Waals surface area contributed by atoms with Gasteiger partial charge in [-0.15, -0.1) is 0 Å². The molecule has 1 aliphatic carbocycles. The zero-order chi connectivity index (χ0) is 20.7. The molecule has 0 bridgehead atoms. The summed E-state index contributed by atoms with van der Waals surface area (Å²) in [4.78, 5) is 22.3. The molecule has 0 amide bonds. The lowest BCUT2D eigenvalue weighted by atomic mass is 10.2. The minimum Gasteiger partial charge on any atom is -0.326 e. The number of benzene rings is 1. The summed E-state index contributed by atoms with van der Waals surface area (Å²) in [7, 11) is 0. The topological polar surface area (TPSA) is 83.7 Å². The van der Waals surface area contributed by atoms with Crippen LogP contribution in [0.5, 0.6) is 0 Å². The van der Waals surface area contributed by atoms with Crippen LogP contribution in [-0.4, -0.2) is 30.3 Å². The summed E-state index contributed by atoms with van der Waals surface area (Å²) in [6, 6.07) is 8.18. The molecule has 1 aliphatic rings. The fraction of sp³-hybridized carbons (Fsp3) is 0.409. The number of fused-ring (bicyclic) bond motifs is 2. The predicted octanol–water partition coefficient (Wildman–Crippen LogP) is 3.14. The summed E-state index contributed by atoms with van der Waals surface area (Å²) >= 11 is 0. The number of unbranched alkanes of at least 4 members (excludes halogenated alkanes) is 1. The smallest absolute Gasteiger partial charge is 0.326 e. The Labute approximate surface area is 173 Å². The van der Waals surface area contributed by atoms with Gasteiger partial charge in [-0.3, -0.25) is 18.5 Å². The number of hydrogen-bond acceptors (Lipinski definition) is 4. The van der Waals surface area contributed by atoms with Crippen molar-refractivity contribution >= 4 is 22.1 Å². The standard InChI is InChI=1S/C22H25FN6O/c23-8-1-2-10-27-18-6-3-15(12-24)11-17(18)26-21(27)14-28-20-13-25-9-7-19(20)29(22(28)30)16-4-5-16/h3,6-7,9,11,13,16H,1-2,4-5,8,10,12,14,24H2. The highest BCUT2D eigenvalue weighted by atomic mass is 19.1. The molecule has 4 aromatic rings. The number of halogens is 1. The van der Waals surface area contributed by atoms with Crippen molar-refractivity contribution in [1.29, 1.82) is 0 Å². The van der Waals surface area contributed by atoms with Gasteiger partial charge in [0.05, 0.1) is 41.5 Å². The van der Waals surface area contributed by atoms with Crippen LogP contribution in [0.1, 0.15) is 43.1 Å². The minimum absolute atomic E-state index is 0.0227. The van der Waals surface area contributed by atoms with Crippen molar-refractivity contribution in [3.63, 3.8) is 0 Å². The van der Waals surface area contributed by atoms with Crippen molar-refractivity contribution in [1.82, 2.24) is 23.7 Å². The van der Waals surface area contributed by atoms with Gasteiger partial charge >= 0.3 is 5.69 Å². The average molecular weight is 408 g/mol. The summed E-state index contributed by atoms with van der Waals surface area (Å²) in [5.74, 6) is 0.791. The van der Waals surface area contributed by atoms with Gasteiger partial charge in [-0.1, -0.05) is 6.07 Å². The Hall–Kier alpha value is -3.00. The molecule has 7 nitrogen and oxygen atoms in total. The molecule has 0 aliphatic heterocycles. The Balaban J connectivity index is 1.62. The molecule has 0 atom stereocenters. The predicted molar refractivity (Wildman–Crippen MR) is 114 cm³/mol. The van der Waals surface area contributed by atoms with E-state index in [4.69, 9.17) is 10.7 Å². The number of nitrogens with zero attached hydrogens (tertiary/aromatic N) is 5. The molecule has 3 heterocycles. The number of pyridine rings is 1. The first kappa shape index (κ1) is 19.0. The SMILES string of the molecule is NCc1ccc2c(c1)nc(Cn1c(=O)n(C3CC3)c3ccncc31)n2CCCCF. The van der Waals surface area contributed by atoms with Gasteiger partial charge in [-0.25, -0.2) is 9.78 Å². The largest absolute Gasteiger partial charge is 0.329 e. The van der Waals surface area contributed by atoms with E-state index in [2.05, 4.69) is 9.55 Å². The van der Waals surface area contributed by atoms with Crippen LogP contribution in [0, 0.1) is 0 Å². The number of aryl methyl sites for hydroxylation is 1. The molecule has 1 fully saturated rings. The lowest BCUT2D eigenvalue weighted by Gasteiger charge is -2.10.